The van der Waals surface area contributed by atoms with E-state index in [9.17, 15) is 8.42 Å². The highest BCUT2D eigenvalue weighted by molar-refractivity contribution is 7.89. The lowest BCUT2D eigenvalue weighted by Crippen LogP contribution is -2.26. The lowest BCUT2D eigenvalue weighted by atomic mass is 10.1. The second-order valence-corrected chi connectivity index (χ2v) is 7.67. The van der Waals surface area contributed by atoms with Crippen molar-refractivity contribution < 1.29 is 8.42 Å². The summed E-state index contributed by atoms with van der Waals surface area (Å²) in [5.41, 5.74) is 2.07. The molecule has 1 aromatic carbocycles. The zero-order chi connectivity index (χ0) is 15.5. The van der Waals surface area contributed by atoms with Crippen molar-refractivity contribution in [3.63, 3.8) is 0 Å². The molecule has 0 saturated carbocycles. The van der Waals surface area contributed by atoms with E-state index in [0.717, 1.165) is 16.0 Å². The van der Waals surface area contributed by atoms with Gasteiger partial charge in [0.2, 0.25) is 10.0 Å². The molecule has 21 heavy (non-hydrogen) atoms. The lowest BCUT2D eigenvalue weighted by molar-refractivity contribution is 0.568. The zero-order valence-electron chi connectivity index (χ0n) is 12.4. The first-order valence-corrected chi connectivity index (χ1v) is 9.10. The van der Waals surface area contributed by atoms with Crippen molar-refractivity contribution in [1.82, 2.24) is 10.0 Å². The molecule has 0 amide bonds. The molecule has 1 heterocycles. The Morgan fingerprint density at radius 2 is 2.05 bits per heavy atom. The minimum Gasteiger partial charge on any atom is -0.316 e. The van der Waals surface area contributed by atoms with E-state index in [1.165, 1.54) is 0 Å². The molecule has 0 radical (unpaired) electrons. The summed E-state index contributed by atoms with van der Waals surface area (Å²) in [5.74, 6) is 0. The maximum Gasteiger partial charge on any atom is 0.241 e. The average Bonchev–Trinajstić information content (AvgIpc) is 2.95. The van der Waals surface area contributed by atoms with Crippen molar-refractivity contribution in [2.45, 2.75) is 31.3 Å². The van der Waals surface area contributed by atoms with Gasteiger partial charge in [0.15, 0.2) is 0 Å². The van der Waals surface area contributed by atoms with Crippen LogP contribution in [0.4, 0.5) is 0 Å². The first-order chi connectivity index (χ1) is 9.94. The van der Waals surface area contributed by atoms with Gasteiger partial charge in [0.1, 0.15) is 0 Å². The van der Waals surface area contributed by atoms with E-state index >= 15 is 0 Å². The molecular weight excluding hydrogens is 304 g/mol. The van der Waals surface area contributed by atoms with Crippen molar-refractivity contribution >= 4 is 21.4 Å². The number of nitrogens with one attached hydrogen (secondary N) is 2. The molecule has 0 aliphatic heterocycles. The molecule has 6 heteroatoms. The van der Waals surface area contributed by atoms with E-state index in [2.05, 4.69) is 10.0 Å². The van der Waals surface area contributed by atoms with Crippen LogP contribution in [0.1, 0.15) is 29.0 Å². The maximum atomic E-state index is 12.5. The average molecular weight is 324 g/mol. The Bertz CT molecular complexity index is 694. The Labute approximate surface area is 130 Å². The van der Waals surface area contributed by atoms with Crippen molar-refractivity contribution in [3.05, 3.63) is 51.7 Å². The molecule has 1 atom stereocenters. The number of thiophene rings is 1. The number of benzene rings is 1. The Balaban J connectivity index is 2.25. The molecule has 4 nitrogen and oxygen atoms in total. The smallest absolute Gasteiger partial charge is 0.241 e. The summed E-state index contributed by atoms with van der Waals surface area (Å²) in [5, 5.41) is 4.99. The van der Waals surface area contributed by atoms with Crippen molar-refractivity contribution in [1.29, 1.82) is 0 Å². The van der Waals surface area contributed by atoms with E-state index in [0.29, 0.717) is 11.4 Å². The van der Waals surface area contributed by atoms with E-state index in [-0.39, 0.29) is 6.04 Å². The van der Waals surface area contributed by atoms with Crippen LogP contribution in [0.15, 0.2) is 40.6 Å². The highest BCUT2D eigenvalue weighted by Gasteiger charge is 2.19. The molecule has 2 aromatic rings. The highest BCUT2D eigenvalue weighted by atomic mass is 32.2. The summed E-state index contributed by atoms with van der Waals surface area (Å²) < 4.78 is 27.7. The lowest BCUT2D eigenvalue weighted by Gasteiger charge is -2.14. The quantitative estimate of drug-likeness (QED) is 0.859. The minimum absolute atomic E-state index is 0.232. The second kappa shape index (κ2) is 6.70. The first kappa shape index (κ1) is 16.2. The summed E-state index contributed by atoms with van der Waals surface area (Å²) in [6.45, 7) is 4.48. The molecule has 0 fully saturated rings. The molecule has 2 N–H and O–H groups in total. The zero-order valence-corrected chi connectivity index (χ0v) is 14.0. The normalized spacial score (nSPS) is 13.3. The standard InChI is InChI=1S/C15H20N2O2S2/c1-11-6-7-14(9-13(11)10-16-3)21(18,19)17-12(2)15-5-4-8-20-15/h4-9,12,16-17H,10H2,1-3H3. The van der Waals surface area contributed by atoms with Gasteiger partial charge >= 0.3 is 0 Å². The Morgan fingerprint density at radius 1 is 1.29 bits per heavy atom. The van der Waals surface area contributed by atoms with Gasteiger partial charge in [-0.1, -0.05) is 12.1 Å². The molecule has 0 bridgehead atoms. The van der Waals surface area contributed by atoms with Gasteiger partial charge in [-0.25, -0.2) is 13.1 Å². The van der Waals surface area contributed by atoms with E-state index < -0.39 is 10.0 Å². The summed E-state index contributed by atoms with van der Waals surface area (Å²) in [7, 11) is -1.67. The van der Waals surface area contributed by atoms with E-state index in [1.54, 1.807) is 23.5 Å². The summed E-state index contributed by atoms with van der Waals surface area (Å²) in [4.78, 5) is 1.31. The fourth-order valence-electron chi connectivity index (χ4n) is 2.09. The molecule has 0 aliphatic carbocycles. The van der Waals surface area contributed by atoms with Crippen LogP contribution in [0.5, 0.6) is 0 Å². The fourth-order valence-corrected chi connectivity index (χ4v) is 4.17. The van der Waals surface area contributed by atoms with E-state index in [4.69, 9.17) is 0 Å². The van der Waals surface area contributed by atoms with Gasteiger partial charge in [-0.05, 0) is 55.6 Å². The van der Waals surface area contributed by atoms with Gasteiger partial charge in [0, 0.05) is 11.4 Å². The molecule has 0 saturated heterocycles. The van der Waals surface area contributed by atoms with Gasteiger partial charge in [-0.3, -0.25) is 0 Å². The predicted molar refractivity (Wildman–Crippen MR) is 87.0 cm³/mol. The molecule has 1 unspecified atom stereocenters. The van der Waals surface area contributed by atoms with Gasteiger partial charge in [0.25, 0.3) is 0 Å². The third-order valence-corrected chi connectivity index (χ3v) is 5.89. The minimum atomic E-state index is -3.51. The van der Waals surface area contributed by atoms with Crippen LogP contribution < -0.4 is 10.0 Å². The van der Waals surface area contributed by atoms with Crippen LogP contribution in [0.2, 0.25) is 0 Å². The SMILES string of the molecule is CNCc1cc(S(=O)(=O)NC(C)c2cccs2)ccc1C. The fraction of sp³-hybridized carbons (Fsp3) is 0.333. The largest absolute Gasteiger partial charge is 0.316 e. The third kappa shape index (κ3) is 3.91. The van der Waals surface area contributed by atoms with Crippen molar-refractivity contribution in [2.75, 3.05) is 7.05 Å². The van der Waals surface area contributed by atoms with Crippen molar-refractivity contribution in [2.24, 2.45) is 0 Å². The van der Waals surface area contributed by atoms with Gasteiger partial charge in [-0.2, -0.15) is 0 Å². The molecule has 1 aromatic heterocycles. The Morgan fingerprint density at radius 3 is 2.67 bits per heavy atom. The molecule has 0 spiro atoms. The second-order valence-electron chi connectivity index (χ2n) is 4.98. The Hall–Kier alpha value is -1.21. The van der Waals surface area contributed by atoms with Crippen LogP contribution in [0, 0.1) is 6.92 Å². The van der Waals surface area contributed by atoms with Crippen LogP contribution in [-0.2, 0) is 16.6 Å². The van der Waals surface area contributed by atoms with Gasteiger partial charge < -0.3 is 5.32 Å². The number of sulfonamides is 1. The van der Waals surface area contributed by atoms with Crippen LogP contribution >= 0.6 is 11.3 Å². The van der Waals surface area contributed by atoms with E-state index in [1.807, 2.05) is 44.5 Å². The summed E-state index contributed by atoms with van der Waals surface area (Å²) in [6, 6.07) is 8.84. The van der Waals surface area contributed by atoms with Crippen molar-refractivity contribution in [3.8, 4) is 0 Å². The number of hydrogen-bond acceptors (Lipinski definition) is 4. The molecule has 0 aliphatic rings. The molecular formula is C15H20N2O2S2. The van der Waals surface area contributed by atoms with Crippen LogP contribution in [0.3, 0.4) is 0 Å². The first-order valence-electron chi connectivity index (χ1n) is 6.74. The topological polar surface area (TPSA) is 58.2 Å². The predicted octanol–water partition coefficient (Wildman–Crippen LogP) is 2.82. The summed E-state index contributed by atoms with van der Waals surface area (Å²) >= 11 is 1.54. The molecule has 2 rings (SSSR count). The van der Waals surface area contributed by atoms with Crippen LogP contribution in [0.25, 0.3) is 0 Å². The number of aryl methyl sites for hydroxylation is 1. The van der Waals surface area contributed by atoms with Crippen LogP contribution in [-0.4, -0.2) is 15.5 Å². The van der Waals surface area contributed by atoms with Gasteiger partial charge in [-0.15, -0.1) is 11.3 Å². The number of hydrogen-bond donors (Lipinski definition) is 2. The highest BCUT2D eigenvalue weighted by Crippen LogP contribution is 2.22. The summed E-state index contributed by atoms with van der Waals surface area (Å²) in [6.07, 6.45) is 0. The monoisotopic (exact) mass is 324 g/mol. The Kier molecular flexibility index (Phi) is 5.16. The third-order valence-electron chi connectivity index (χ3n) is 3.30. The maximum absolute atomic E-state index is 12.5. The number of rotatable bonds is 6. The molecule has 114 valence electrons. The van der Waals surface area contributed by atoms with Gasteiger partial charge in [0.05, 0.1) is 10.9 Å².